The Labute approximate surface area is 331 Å². The van der Waals surface area contributed by atoms with E-state index in [1.54, 1.807) is 46.0 Å². The molecule has 310 valence electrons. The van der Waals surface area contributed by atoms with Crippen molar-refractivity contribution in [3.63, 3.8) is 0 Å². The molecule has 1 aromatic carbocycles. The highest BCUT2D eigenvalue weighted by molar-refractivity contribution is 7.91. The maximum absolute atomic E-state index is 14.6. The van der Waals surface area contributed by atoms with E-state index in [-0.39, 0.29) is 51.2 Å². The van der Waals surface area contributed by atoms with E-state index in [4.69, 9.17) is 9.47 Å². The number of hydrogen-bond donors (Lipinski definition) is 3. The summed E-state index contributed by atoms with van der Waals surface area (Å²) in [4.78, 5) is 86.1. The number of fused-ring (bicyclic) bond motifs is 3. The predicted molar refractivity (Wildman–Crippen MR) is 203 cm³/mol. The zero-order chi connectivity index (χ0) is 41.4. The number of carbonyl (C=O) groups excluding carboxylic acids is 6. The number of carbonyl (C=O) groups is 6. The Kier molecular flexibility index (Phi) is 11.8. The highest BCUT2D eigenvalue weighted by atomic mass is 32.2. The molecule has 0 radical (unpaired) electrons. The normalized spacial score (nSPS) is 27.7. The number of hydrogen-bond acceptors (Lipinski definition) is 10. The molecule has 1 saturated heterocycles. The van der Waals surface area contributed by atoms with Crippen LogP contribution >= 0.6 is 0 Å². The largest absolute Gasteiger partial charge is 0.444 e. The number of sulfonamides is 1. The summed E-state index contributed by atoms with van der Waals surface area (Å²) >= 11 is 0. The zero-order valence-electron chi connectivity index (χ0n) is 32.6. The van der Waals surface area contributed by atoms with Gasteiger partial charge in [0.15, 0.2) is 0 Å². The molecule has 3 aliphatic heterocycles. The Hall–Kier alpha value is -5.00. The van der Waals surface area contributed by atoms with E-state index < -0.39 is 92.3 Å². The summed E-state index contributed by atoms with van der Waals surface area (Å²) in [5.74, 6) is -3.81. The maximum atomic E-state index is 14.6. The van der Waals surface area contributed by atoms with Gasteiger partial charge in [0, 0.05) is 37.5 Å². The predicted octanol–water partition coefficient (Wildman–Crippen LogP) is 2.77. The maximum Gasteiger partial charge on any atom is 0.410 e. The van der Waals surface area contributed by atoms with Crippen LogP contribution in [0.4, 0.5) is 14.0 Å². The van der Waals surface area contributed by atoms with Crippen molar-refractivity contribution in [1.82, 2.24) is 30.1 Å². The average Bonchev–Trinajstić information content (AvgIpc) is 4.02. The molecule has 5 aliphatic rings. The fourth-order valence-corrected chi connectivity index (χ4v) is 9.10. The standard InChI is InChI=1S/C39H51FN6O10S/c1-6-32(47)44(5)25-12-8-7-11-24-19-39(24,35(50)43-57(53,54)27-15-16-27)42-33(48)31-18-26(55-37(52)45-20-23-10-9-13-29(40)28(23)22-45)21-46(31)34(49)30(17-14-25)41-36(51)56-38(2,3)4/h6-7,9-11,13,24-27,30-31H,1,8,12,14-22H2,2-5H3,(H,41,51)(H,42,48)(H,43,50)/t24-,25?,26-,30+,31+,39-/m1/s1. The summed E-state index contributed by atoms with van der Waals surface area (Å²) in [6.07, 6.45) is 3.79. The second kappa shape index (κ2) is 16.1. The van der Waals surface area contributed by atoms with Crippen LogP contribution < -0.4 is 15.4 Å². The van der Waals surface area contributed by atoms with E-state index in [0.29, 0.717) is 36.8 Å². The molecular weight excluding hydrogens is 764 g/mol. The van der Waals surface area contributed by atoms with Crippen molar-refractivity contribution in [2.24, 2.45) is 5.92 Å². The molecule has 3 fully saturated rings. The van der Waals surface area contributed by atoms with Crippen molar-refractivity contribution in [1.29, 1.82) is 0 Å². The third-order valence-corrected chi connectivity index (χ3v) is 13.0. The molecule has 3 N–H and O–H groups in total. The van der Waals surface area contributed by atoms with Gasteiger partial charge in [0.05, 0.1) is 18.3 Å². The number of rotatable bonds is 7. The van der Waals surface area contributed by atoms with Gasteiger partial charge in [0.1, 0.15) is 35.1 Å². The van der Waals surface area contributed by atoms with E-state index in [1.165, 1.54) is 26.8 Å². The third kappa shape index (κ3) is 9.42. The van der Waals surface area contributed by atoms with Gasteiger partial charge in [-0.15, -0.1) is 0 Å². The number of likely N-dealkylation sites (N-methyl/N-ethyl adjacent to an activating group) is 1. The molecule has 2 aliphatic carbocycles. The van der Waals surface area contributed by atoms with Gasteiger partial charge in [-0.1, -0.05) is 30.9 Å². The van der Waals surface area contributed by atoms with Crippen molar-refractivity contribution in [3.8, 4) is 0 Å². The first-order valence-electron chi connectivity index (χ1n) is 19.3. The van der Waals surface area contributed by atoms with E-state index >= 15 is 0 Å². The molecule has 6 atom stereocenters. The first kappa shape index (κ1) is 41.6. The van der Waals surface area contributed by atoms with Crippen LogP contribution in [0.5, 0.6) is 0 Å². The lowest BCUT2D eigenvalue weighted by Gasteiger charge is -2.32. The van der Waals surface area contributed by atoms with E-state index in [2.05, 4.69) is 21.9 Å². The van der Waals surface area contributed by atoms with Gasteiger partial charge < -0.3 is 29.9 Å². The number of amides is 6. The molecule has 0 aromatic heterocycles. The Balaban J connectivity index is 1.31. The third-order valence-electron chi connectivity index (χ3n) is 11.1. The second-order valence-corrected chi connectivity index (χ2v) is 18.5. The molecule has 3 heterocycles. The Morgan fingerprint density at radius 2 is 1.82 bits per heavy atom. The summed E-state index contributed by atoms with van der Waals surface area (Å²) in [5.41, 5.74) is -1.60. The summed E-state index contributed by atoms with van der Waals surface area (Å²) < 4.78 is 53.7. The lowest BCUT2D eigenvalue weighted by atomic mass is 9.99. The fourth-order valence-electron chi connectivity index (χ4n) is 7.74. The molecule has 6 amide bonds. The van der Waals surface area contributed by atoms with Gasteiger partial charge in [-0.25, -0.2) is 22.4 Å². The Morgan fingerprint density at radius 1 is 1.09 bits per heavy atom. The van der Waals surface area contributed by atoms with Crippen LogP contribution in [0.25, 0.3) is 0 Å². The molecule has 57 heavy (non-hydrogen) atoms. The first-order chi connectivity index (χ1) is 26.8. The number of alkyl carbamates (subject to hydrolysis) is 1. The van der Waals surface area contributed by atoms with E-state index in [9.17, 15) is 41.6 Å². The van der Waals surface area contributed by atoms with Crippen LogP contribution in [0, 0.1) is 11.7 Å². The quantitative estimate of drug-likeness (QED) is 0.272. The number of benzene rings is 1. The van der Waals surface area contributed by atoms with E-state index in [0.717, 1.165) is 0 Å². The smallest absolute Gasteiger partial charge is 0.410 e. The second-order valence-electron chi connectivity index (χ2n) is 16.5. The van der Waals surface area contributed by atoms with Gasteiger partial charge in [-0.3, -0.25) is 28.8 Å². The highest BCUT2D eigenvalue weighted by Gasteiger charge is 2.62. The minimum atomic E-state index is -3.99. The van der Waals surface area contributed by atoms with Crippen molar-refractivity contribution < 1.29 is 51.0 Å². The number of nitrogens with one attached hydrogen (secondary N) is 3. The van der Waals surface area contributed by atoms with Crippen molar-refractivity contribution >= 4 is 45.8 Å². The highest BCUT2D eigenvalue weighted by Crippen LogP contribution is 2.46. The molecule has 1 aromatic rings. The summed E-state index contributed by atoms with van der Waals surface area (Å²) in [6, 6.07) is 1.51. The lowest BCUT2D eigenvalue weighted by molar-refractivity contribution is -0.141. The molecular formula is C39H51FN6O10S. The van der Waals surface area contributed by atoms with Crippen LogP contribution in [0.1, 0.15) is 83.3 Å². The minimum Gasteiger partial charge on any atom is -0.444 e. The number of halogens is 1. The van der Waals surface area contributed by atoms with Crippen LogP contribution in [0.2, 0.25) is 0 Å². The number of allylic oxidation sites excluding steroid dienone is 1. The SMILES string of the molecule is C=CC(=O)N(C)C1CCC=C[C@@H]2C[C@@]2(C(=O)NS(=O)(=O)C2CC2)NC(=O)[C@@H]2C[C@@H](OC(=O)N3Cc4cccc(F)c4C3)CN2C(=O)[C@@H](NC(=O)OC(C)(C)C)CC1. The fraction of sp³-hybridized carbons (Fsp3) is 0.590. The van der Waals surface area contributed by atoms with Crippen LogP contribution in [-0.4, -0.2) is 113 Å². The van der Waals surface area contributed by atoms with Gasteiger partial charge in [0.25, 0.3) is 5.91 Å². The molecule has 1 unspecified atom stereocenters. The molecule has 0 spiro atoms. The topological polar surface area (TPSA) is 201 Å². The van der Waals surface area contributed by atoms with E-state index in [1.807, 2.05) is 6.08 Å². The number of nitrogens with zero attached hydrogens (tertiary/aromatic N) is 3. The van der Waals surface area contributed by atoms with Crippen molar-refractivity contribution in [2.45, 2.75) is 126 Å². The number of ether oxygens (including phenoxy) is 2. The summed E-state index contributed by atoms with van der Waals surface area (Å²) in [6.45, 7) is 8.33. The van der Waals surface area contributed by atoms with Gasteiger partial charge in [-0.2, -0.15) is 0 Å². The molecule has 0 bridgehead atoms. The van der Waals surface area contributed by atoms with Gasteiger partial charge in [-0.05, 0) is 83.4 Å². The van der Waals surface area contributed by atoms with Crippen LogP contribution in [0.3, 0.4) is 0 Å². The average molecular weight is 815 g/mol. The minimum absolute atomic E-state index is 0.0160. The monoisotopic (exact) mass is 814 g/mol. The lowest BCUT2D eigenvalue weighted by Crippen LogP contribution is -2.58. The first-order valence-corrected chi connectivity index (χ1v) is 20.8. The molecule has 6 rings (SSSR count). The Morgan fingerprint density at radius 3 is 2.49 bits per heavy atom. The van der Waals surface area contributed by atoms with Crippen molar-refractivity contribution in [2.75, 3.05) is 13.6 Å². The summed E-state index contributed by atoms with van der Waals surface area (Å²) in [5, 5.41) is 4.70. The van der Waals surface area contributed by atoms with Crippen molar-refractivity contribution in [3.05, 3.63) is 60.0 Å². The Bertz CT molecular complexity index is 1970. The summed E-state index contributed by atoms with van der Waals surface area (Å²) in [7, 11) is -2.39. The van der Waals surface area contributed by atoms with Crippen LogP contribution in [0.15, 0.2) is 43.0 Å². The van der Waals surface area contributed by atoms with Gasteiger partial charge in [0.2, 0.25) is 27.7 Å². The van der Waals surface area contributed by atoms with Crippen LogP contribution in [-0.2, 0) is 51.8 Å². The molecule has 16 nitrogen and oxygen atoms in total. The molecule has 18 heteroatoms. The molecule has 2 saturated carbocycles. The zero-order valence-corrected chi connectivity index (χ0v) is 33.4. The van der Waals surface area contributed by atoms with Gasteiger partial charge >= 0.3 is 12.2 Å².